The molecule has 4 rings (SSSR count). The minimum absolute atomic E-state index is 0.00439. The molecule has 118 valence electrons. The van der Waals surface area contributed by atoms with Crippen LogP contribution in [0.3, 0.4) is 0 Å². The maximum absolute atomic E-state index is 14.4. The Bertz CT molecular complexity index is 839. The van der Waals surface area contributed by atoms with E-state index >= 15 is 0 Å². The van der Waals surface area contributed by atoms with Crippen LogP contribution in [0.25, 0.3) is 0 Å². The quantitative estimate of drug-likeness (QED) is 0.765. The minimum Gasteiger partial charge on any atom is -0.453 e. The molecule has 6 heteroatoms. The van der Waals surface area contributed by atoms with Crippen LogP contribution in [0.5, 0.6) is 11.5 Å². The van der Waals surface area contributed by atoms with Gasteiger partial charge in [0.2, 0.25) is 5.91 Å². The number of halogens is 2. The number of fused-ring (bicyclic) bond motifs is 4. The number of hydrogen-bond donors (Lipinski definition) is 1. The molecule has 2 aromatic carbocycles. The zero-order chi connectivity index (χ0) is 16.2. The zero-order valence-corrected chi connectivity index (χ0v) is 13.9. The van der Waals surface area contributed by atoms with Crippen LogP contribution in [-0.4, -0.2) is 19.1 Å². The van der Waals surface area contributed by atoms with Gasteiger partial charge in [-0.2, -0.15) is 0 Å². The first kappa shape index (κ1) is 14.7. The number of hydrogen-bond acceptors (Lipinski definition) is 3. The fourth-order valence-corrected chi connectivity index (χ4v) is 3.63. The molecule has 1 spiro atoms. The van der Waals surface area contributed by atoms with Crippen molar-refractivity contribution in [2.75, 3.05) is 13.2 Å². The molecular weight excluding hydrogens is 365 g/mol. The number of carbonyl (C=O) groups is 1. The fourth-order valence-electron chi connectivity index (χ4n) is 3.20. The van der Waals surface area contributed by atoms with Gasteiger partial charge in [0.25, 0.3) is 0 Å². The van der Waals surface area contributed by atoms with Gasteiger partial charge in [-0.05, 0) is 31.2 Å². The largest absolute Gasteiger partial charge is 0.453 e. The number of aryl methyl sites for hydroxylation is 1. The third kappa shape index (κ3) is 2.16. The Morgan fingerprint density at radius 2 is 2.09 bits per heavy atom. The van der Waals surface area contributed by atoms with Gasteiger partial charge in [0.1, 0.15) is 17.9 Å². The smallest absolute Gasteiger partial charge is 0.247 e. The second-order valence-electron chi connectivity index (χ2n) is 5.81. The summed E-state index contributed by atoms with van der Waals surface area (Å²) in [6.45, 7) is 2.17. The number of ether oxygens (including phenoxy) is 2. The lowest BCUT2D eigenvalue weighted by atomic mass is 9.79. The molecule has 1 N–H and O–H groups in total. The van der Waals surface area contributed by atoms with E-state index in [9.17, 15) is 9.18 Å². The van der Waals surface area contributed by atoms with Crippen molar-refractivity contribution in [1.82, 2.24) is 5.32 Å². The van der Waals surface area contributed by atoms with Crippen molar-refractivity contribution in [2.24, 2.45) is 0 Å². The predicted octanol–water partition coefficient (Wildman–Crippen LogP) is 3.39. The van der Waals surface area contributed by atoms with Gasteiger partial charge in [0.15, 0.2) is 11.6 Å². The Labute approximate surface area is 140 Å². The topological polar surface area (TPSA) is 47.6 Å². The normalized spacial score (nSPS) is 22.1. The molecule has 0 saturated carbocycles. The number of morpholine rings is 1. The van der Waals surface area contributed by atoms with Gasteiger partial charge in [0, 0.05) is 15.6 Å². The van der Waals surface area contributed by atoms with E-state index in [1.165, 1.54) is 6.07 Å². The Kier molecular flexibility index (Phi) is 3.21. The van der Waals surface area contributed by atoms with Crippen LogP contribution in [0.1, 0.15) is 16.7 Å². The van der Waals surface area contributed by atoms with Crippen LogP contribution in [-0.2, 0) is 15.1 Å². The molecule has 23 heavy (non-hydrogen) atoms. The molecule has 0 unspecified atom stereocenters. The van der Waals surface area contributed by atoms with Crippen molar-refractivity contribution in [3.8, 4) is 11.5 Å². The number of amides is 1. The number of carbonyl (C=O) groups excluding carboxylic acids is 1. The van der Waals surface area contributed by atoms with Crippen molar-refractivity contribution in [2.45, 2.75) is 12.5 Å². The van der Waals surface area contributed by atoms with Crippen molar-refractivity contribution in [1.29, 1.82) is 0 Å². The third-order valence-electron chi connectivity index (χ3n) is 4.18. The lowest BCUT2D eigenvalue weighted by Crippen LogP contribution is -2.56. The van der Waals surface area contributed by atoms with E-state index in [0.717, 1.165) is 11.1 Å². The lowest BCUT2D eigenvalue weighted by molar-refractivity contribution is -0.134. The summed E-state index contributed by atoms with van der Waals surface area (Å²) in [7, 11) is 0. The minimum atomic E-state index is -0.950. The highest BCUT2D eigenvalue weighted by molar-refractivity contribution is 9.10. The van der Waals surface area contributed by atoms with Crippen molar-refractivity contribution in [3.05, 3.63) is 57.3 Å². The van der Waals surface area contributed by atoms with E-state index in [1.807, 2.05) is 19.1 Å². The van der Waals surface area contributed by atoms with Crippen LogP contribution < -0.4 is 10.1 Å². The molecule has 0 aliphatic carbocycles. The summed E-state index contributed by atoms with van der Waals surface area (Å²) in [6.07, 6.45) is 0. The van der Waals surface area contributed by atoms with Crippen molar-refractivity contribution < 1.29 is 18.7 Å². The molecule has 0 bridgehead atoms. The molecule has 1 fully saturated rings. The summed E-state index contributed by atoms with van der Waals surface area (Å²) in [4.78, 5) is 12.0. The Morgan fingerprint density at radius 3 is 2.87 bits per heavy atom. The van der Waals surface area contributed by atoms with Crippen LogP contribution >= 0.6 is 15.9 Å². The fraction of sp³-hybridized carbons (Fsp3) is 0.235. The predicted molar refractivity (Wildman–Crippen MR) is 85.1 cm³/mol. The second kappa shape index (κ2) is 5.04. The molecule has 0 aromatic heterocycles. The Balaban J connectivity index is 2.04. The van der Waals surface area contributed by atoms with Crippen LogP contribution in [0.4, 0.5) is 4.39 Å². The summed E-state index contributed by atoms with van der Waals surface area (Å²) >= 11 is 3.31. The van der Waals surface area contributed by atoms with Gasteiger partial charge in [-0.25, -0.2) is 4.39 Å². The lowest BCUT2D eigenvalue weighted by Gasteiger charge is -2.43. The first-order chi connectivity index (χ1) is 11.0. The van der Waals surface area contributed by atoms with Gasteiger partial charge in [-0.1, -0.05) is 27.6 Å². The highest BCUT2D eigenvalue weighted by atomic mass is 79.9. The van der Waals surface area contributed by atoms with Gasteiger partial charge >= 0.3 is 0 Å². The molecule has 2 aromatic rings. The first-order valence-electron chi connectivity index (χ1n) is 7.17. The summed E-state index contributed by atoms with van der Waals surface area (Å²) in [6, 6.07) is 8.72. The van der Waals surface area contributed by atoms with Gasteiger partial charge in [0.05, 0.1) is 6.61 Å². The average molecular weight is 378 g/mol. The molecule has 2 aliphatic heterocycles. The molecule has 1 atom stereocenters. The number of nitrogens with one attached hydrogen (secondary N) is 1. The van der Waals surface area contributed by atoms with Crippen LogP contribution in [0.15, 0.2) is 34.8 Å². The Morgan fingerprint density at radius 1 is 1.26 bits per heavy atom. The summed E-state index contributed by atoms with van der Waals surface area (Å²) in [5.74, 6) is -0.0813. The zero-order valence-electron chi connectivity index (χ0n) is 12.3. The summed E-state index contributed by atoms with van der Waals surface area (Å²) in [5, 5.41) is 2.99. The molecule has 2 heterocycles. The summed E-state index contributed by atoms with van der Waals surface area (Å²) in [5.41, 5.74) is 1.39. The maximum atomic E-state index is 14.4. The van der Waals surface area contributed by atoms with Crippen LogP contribution in [0, 0.1) is 12.7 Å². The summed E-state index contributed by atoms with van der Waals surface area (Å²) < 4.78 is 26.3. The van der Waals surface area contributed by atoms with Gasteiger partial charge in [-0.15, -0.1) is 0 Å². The van der Waals surface area contributed by atoms with Gasteiger partial charge in [-0.3, -0.25) is 4.79 Å². The number of benzene rings is 2. The Hall–Kier alpha value is -1.92. The molecule has 1 amide bonds. The SMILES string of the molecule is Cc1ccc2c(c1)[C@@]1(COCC(=O)N1)c1cc(Br)cc(F)c1O2. The molecule has 0 radical (unpaired) electrons. The third-order valence-corrected chi connectivity index (χ3v) is 4.64. The van der Waals surface area contributed by atoms with E-state index in [1.54, 1.807) is 12.1 Å². The van der Waals surface area contributed by atoms with Crippen molar-refractivity contribution >= 4 is 21.8 Å². The maximum Gasteiger partial charge on any atom is 0.247 e. The van der Waals surface area contributed by atoms with Gasteiger partial charge < -0.3 is 14.8 Å². The molecule has 2 aliphatic rings. The monoisotopic (exact) mass is 377 g/mol. The second-order valence-corrected chi connectivity index (χ2v) is 6.73. The van der Waals surface area contributed by atoms with E-state index in [4.69, 9.17) is 9.47 Å². The highest BCUT2D eigenvalue weighted by Crippen LogP contribution is 2.49. The number of rotatable bonds is 0. The van der Waals surface area contributed by atoms with E-state index in [0.29, 0.717) is 15.8 Å². The molecule has 4 nitrogen and oxygen atoms in total. The standard InChI is InChI=1S/C17H13BrFNO3/c1-9-2-3-14-11(4-9)17(8-22-7-15(21)20-17)12-5-10(18)6-13(19)16(12)23-14/h2-6H,7-8H2,1H3,(H,20,21)/t17-/m0/s1. The first-order valence-corrected chi connectivity index (χ1v) is 7.96. The van der Waals surface area contributed by atoms with E-state index < -0.39 is 11.4 Å². The average Bonchev–Trinajstić information content (AvgIpc) is 2.50. The van der Waals surface area contributed by atoms with E-state index in [-0.39, 0.29) is 24.9 Å². The molecule has 1 saturated heterocycles. The highest BCUT2D eigenvalue weighted by Gasteiger charge is 2.47. The van der Waals surface area contributed by atoms with E-state index in [2.05, 4.69) is 21.2 Å². The molecular formula is C17H13BrFNO3. The van der Waals surface area contributed by atoms with Crippen LogP contribution in [0.2, 0.25) is 0 Å². The van der Waals surface area contributed by atoms with Crippen molar-refractivity contribution in [3.63, 3.8) is 0 Å².